The van der Waals surface area contributed by atoms with Gasteiger partial charge in [0.1, 0.15) is 0 Å². The largest absolute Gasteiger partial charge is 0.342 e. The zero-order valence-electron chi connectivity index (χ0n) is 16.4. The van der Waals surface area contributed by atoms with E-state index in [9.17, 15) is 14.4 Å². The van der Waals surface area contributed by atoms with Gasteiger partial charge < -0.3 is 15.1 Å². The van der Waals surface area contributed by atoms with Crippen LogP contribution in [0.4, 0.5) is 5.69 Å². The summed E-state index contributed by atoms with van der Waals surface area (Å²) in [6.07, 6.45) is 5.58. The number of hydrogen-bond acceptors (Lipinski definition) is 4. The number of nitrogens with one attached hydrogen (secondary N) is 1. The highest BCUT2D eigenvalue weighted by atomic mass is 16.2. The maximum atomic E-state index is 12.4. The van der Waals surface area contributed by atoms with Crippen molar-refractivity contribution in [3.63, 3.8) is 0 Å². The molecule has 0 unspecified atom stereocenters. The minimum Gasteiger partial charge on any atom is -0.342 e. The van der Waals surface area contributed by atoms with Gasteiger partial charge in [-0.05, 0) is 36.6 Å². The predicted octanol–water partition coefficient (Wildman–Crippen LogP) is 1.42. The molecule has 0 saturated carbocycles. The minimum atomic E-state index is -0.111. The summed E-state index contributed by atoms with van der Waals surface area (Å²) in [5.41, 5.74) is 1.63. The lowest BCUT2D eigenvalue weighted by Gasteiger charge is -2.34. The number of piperazine rings is 1. The van der Waals surface area contributed by atoms with Crippen LogP contribution in [0.2, 0.25) is 0 Å². The van der Waals surface area contributed by atoms with Crippen LogP contribution in [0, 0.1) is 0 Å². The van der Waals surface area contributed by atoms with Crippen molar-refractivity contribution in [3.05, 3.63) is 35.9 Å². The lowest BCUT2D eigenvalue weighted by atomic mass is 10.2. The first-order valence-electron chi connectivity index (χ1n) is 9.86. The summed E-state index contributed by atoms with van der Waals surface area (Å²) >= 11 is 0. The highest BCUT2D eigenvalue weighted by Gasteiger charge is 2.24. The lowest BCUT2D eigenvalue weighted by molar-refractivity contribution is -0.132. The first-order chi connectivity index (χ1) is 13.5. The number of carbonyl (C=O) groups is 3. The number of likely N-dealkylation sites (tertiary alicyclic amines) is 1. The van der Waals surface area contributed by atoms with Crippen molar-refractivity contribution in [2.75, 3.05) is 51.1 Å². The van der Waals surface area contributed by atoms with E-state index in [2.05, 4.69) is 10.2 Å². The molecule has 7 nitrogen and oxygen atoms in total. The molecule has 0 aliphatic carbocycles. The van der Waals surface area contributed by atoms with Gasteiger partial charge in [-0.15, -0.1) is 0 Å². The van der Waals surface area contributed by atoms with E-state index >= 15 is 0 Å². The number of hydrogen-bond donors (Lipinski definition) is 1. The van der Waals surface area contributed by atoms with Gasteiger partial charge in [-0.25, -0.2) is 0 Å². The molecule has 2 heterocycles. The first-order valence-corrected chi connectivity index (χ1v) is 9.86. The molecule has 0 atom stereocenters. The van der Waals surface area contributed by atoms with E-state index in [1.807, 2.05) is 34.1 Å². The van der Waals surface area contributed by atoms with Gasteiger partial charge in [-0.2, -0.15) is 0 Å². The van der Waals surface area contributed by atoms with Gasteiger partial charge in [-0.3, -0.25) is 19.3 Å². The zero-order valence-corrected chi connectivity index (χ0v) is 16.4. The number of carbonyl (C=O) groups excluding carboxylic acids is 3. The maximum Gasteiger partial charge on any atom is 0.246 e. The number of amides is 3. The van der Waals surface area contributed by atoms with Crippen molar-refractivity contribution >= 4 is 29.5 Å². The van der Waals surface area contributed by atoms with Crippen LogP contribution in [0.15, 0.2) is 30.3 Å². The quantitative estimate of drug-likeness (QED) is 0.780. The molecule has 1 aromatic rings. The Morgan fingerprint density at radius 1 is 0.929 bits per heavy atom. The van der Waals surface area contributed by atoms with E-state index in [4.69, 9.17) is 0 Å². The summed E-state index contributed by atoms with van der Waals surface area (Å²) in [5.74, 6) is 0.0797. The molecular formula is C21H28N4O3. The molecule has 2 fully saturated rings. The van der Waals surface area contributed by atoms with Crippen molar-refractivity contribution in [2.45, 2.75) is 19.8 Å². The monoisotopic (exact) mass is 384 g/mol. The summed E-state index contributed by atoms with van der Waals surface area (Å²) < 4.78 is 0. The Hall–Kier alpha value is -2.67. The first kappa shape index (κ1) is 20.1. The third kappa shape index (κ3) is 5.66. The van der Waals surface area contributed by atoms with E-state index in [1.54, 1.807) is 12.2 Å². The Balaban J connectivity index is 1.43. The fourth-order valence-electron chi connectivity index (χ4n) is 3.54. The molecule has 3 rings (SSSR count). The lowest BCUT2D eigenvalue weighted by Crippen LogP contribution is -2.51. The smallest absolute Gasteiger partial charge is 0.246 e. The third-order valence-corrected chi connectivity index (χ3v) is 5.15. The summed E-state index contributed by atoms with van der Waals surface area (Å²) in [6.45, 7) is 6.42. The van der Waals surface area contributed by atoms with Gasteiger partial charge in [-0.1, -0.05) is 12.1 Å². The SMILES string of the molecule is CC(=O)Nc1ccc(/C=C/C(=O)N2CCN(CC(=O)N3CCCC3)CC2)cc1. The van der Waals surface area contributed by atoms with Crippen molar-refractivity contribution in [1.29, 1.82) is 0 Å². The minimum absolute atomic E-state index is 0.0172. The number of nitrogens with zero attached hydrogens (tertiary/aromatic N) is 3. The second kappa shape index (κ2) is 9.50. The van der Waals surface area contributed by atoms with E-state index in [1.165, 1.54) is 6.92 Å². The van der Waals surface area contributed by atoms with Crippen molar-refractivity contribution in [3.8, 4) is 0 Å². The van der Waals surface area contributed by atoms with Crippen LogP contribution in [0.1, 0.15) is 25.3 Å². The molecule has 3 amide bonds. The molecular weight excluding hydrogens is 356 g/mol. The number of benzene rings is 1. The Labute approximate surface area is 166 Å². The average Bonchev–Trinajstić information content (AvgIpc) is 3.22. The fourth-order valence-corrected chi connectivity index (χ4v) is 3.54. The molecule has 0 radical (unpaired) electrons. The van der Waals surface area contributed by atoms with Gasteiger partial charge in [0.15, 0.2) is 0 Å². The number of anilines is 1. The Bertz CT molecular complexity index is 731. The fraction of sp³-hybridized carbons (Fsp3) is 0.476. The molecule has 2 aliphatic heterocycles. The third-order valence-electron chi connectivity index (χ3n) is 5.15. The average molecular weight is 384 g/mol. The second-order valence-electron chi connectivity index (χ2n) is 7.33. The Kier molecular flexibility index (Phi) is 6.81. The van der Waals surface area contributed by atoms with Crippen LogP contribution in [-0.4, -0.2) is 78.2 Å². The van der Waals surface area contributed by atoms with Crippen molar-refractivity contribution in [1.82, 2.24) is 14.7 Å². The molecule has 0 spiro atoms. The predicted molar refractivity (Wildman–Crippen MR) is 109 cm³/mol. The standard InChI is InChI=1S/C21H28N4O3/c1-17(26)22-19-7-4-18(5-8-19)6-9-20(27)25-14-12-23(13-15-25)16-21(28)24-10-2-3-11-24/h4-9H,2-3,10-16H2,1H3,(H,22,26)/b9-6+. The zero-order chi connectivity index (χ0) is 19.9. The normalized spacial score (nSPS) is 17.9. The second-order valence-corrected chi connectivity index (χ2v) is 7.33. The van der Waals surface area contributed by atoms with Crippen molar-refractivity contribution < 1.29 is 14.4 Å². The van der Waals surface area contributed by atoms with Gasteiger partial charge in [0, 0.05) is 58.0 Å². The molecule has 2 saturated heterocycles. The van der Waals surface area contributed by atoms with Crippen LogP contribution in [0.5, 0.6) is 0 Å². The molecule has 1 aromatic carbocycles. The summed E-state index contributed by atoms with van der Waals surface area (Å²) in [6, 6.07) is 7.33. The Morgan fingerprint density at radius 3 is 2.18 bits per heavy atom. The summed E-state index contributed by atoms with van der Waals surface area (Å²) in [4.78, 5) is 41.6. The van der Waals surface area contributed by atoms with Gasteiger partial charge in [0.05, 0.1) is 6.54 Å². The topological polar surface area (TPSA) is 73.0 Å². The van der Waals surface area contributed by atoms with Crippen LogP contribution in [0.3, 0.4) is 0 Å². The Morgan fingerprint density at radius 2 is 1.57 bits per heavy atom. The molecule has 0 aromatic heterocycles. The van der Waals surface area contributed by atoms with Crippen molar-refractivity contribution in [2.24, 2.45) is 0 Å². The summed E-state index contributed by atoms with van der Waals surface area (Å²) in [7, 11) is 0. The molecule has 0 bridgehead atoms. The van der Waals surface area contributed by atoms with Gasteiger partial charge in [0.2, 0.25) is 17.7 Å². The number of rotatable bonds is 5. The van der Waals surface area contributed by atoms with Crippen LogP contribution in [-0.2, 0) is 14.4 Å². The van der Waals surface area contributed by atoms with E-state index in [0.29, 0.717) is 19.6 Å². The van der Waals surface area contributed by atoms with Crippen LogP contribution >= 0.6 is 0 Å². The van der Waals surface area contributed by atoms with E-state index < -0.39 is 0 Å². The van der Waals surface area contributed by atoms with E-state index in [0.717, 1.165) is 50.3 Å². The molecule has 1 N–H and O–H groups in total. The van der Waals surface area contributed by atoms with Gasteiger partial charge in [0.25, 0.3) is 0 Å². The highest BCUT2D eigenvalue weighted by Crippen LogP contribution is 2.12. The maximum absolute atomic E-state index is 12.4. The summed E-state index contributed by atoms with van der Waals surface area (Å²) in [5, 5.41) is 2.71. The van der Waals surface area contributed by atoms with Crippen LogP contribution < -0.4 is 5.32 Å². The van der Waals surface area contributed by atoms with E-state index in [-0.39, 0.29) is 17.7 Å². The molecule has 28 heavy (non-hydrogen) atoms. The van der Waals surface area contributed by atoms with Gasteiger partial charge >= 0.3 is 0 Å². The van der Waals surface area contributed by atoms with Crippen LogP contribution in [0.25, 0.3) is 6.08 Å². The highest BCUT2D eigenvalue weighted by molar-refractivity contribution is 5.92. The molecule has 150 valence electrons. The molecule has 2 aliphatic rings. The molecule has 7 heteroatoms.